The molecule has 5 nitrogen and oxygen atoms in total. The fraction of sp³-hybridized carbons (Fsp3) is 0. The fourth-order valence-corrected chi connectivity index (χ4v) is 1.99. The summed E-state index contributed by atoms with van der Waals surface area (Å²) >= 11 is 0.925. The van der Waals surface area contributed by atoms with Crippen molar-refractivity contribution in [1.29, 1.82) is 0 Å². The van der Waals surface area contributed by atoms with Crippen LogP contribution in [0.3, 0.4) is 0 Å². The fourth-order valence-electron chi connectivity index (χ4n) is 1.22. The first-order valence-corrected chi connectivity index (χ1v) is 5.84. The van der Waals surface area contributed by atoms with E-state index in [-0.39, 0.29) is 16.4 Å². The van der Waals surface area contributed by atoms with E-state index < -0.39 is 11.6 Å². The zero-order valence-electron chi connectivity index (χ0n) is 9.42. The van der Waals surface area contributed by atoms with Crippen LogP contribution in [0.2, 0.25) is 0 Å². The molecule has 8 heteroatoms. The van der Waals surface area contributed by atoms with Crippen molar-refractivity contribution in [3.05, 3.63) is 47.9 Å². The van der Waals surface area contributed by atoms with Crippen LogP contribution >= 0.6 is 11.8 Å². The molecule has 0 aliphatic carbocycles. The minimum atomic E-state index is -0.547. The van der Waals surface area contributed by atoms with Crippen LogP contribution in [0.5, 0.6) is 0 Å². The lowest BCUT2D eigenvalue weighted by molar-refractivity contribution is 0.318. The molecule has 0 aliphatic heterocycles. The molecule has 0 saturated carbocycles. The van der Waals surface area contributed by atoms with E-state index in [1.807, 2.05) is 0 Å². The molecule has 0 spiro atoms. The topological polar surface area (TPSA) is 84.4 Å². The Morgan fingerprint density at radius 2 is 2.05 bits per heavy atom. The van der Waals surface area contributed by atoms with Crippen LogP contribution in [0.15, 0.2) is 45.7 Å². The van der Waals surface area contributed by atoms with Crippen LogP contribution in [0.25, 0.3) is 0 Å². The highest BCUT2D eigenvalue weighted by atomic mass is 32.2. The first kappa shape index (κ1) is 13.2. The van der Waals surface area contributed by atoms with E-state index in [4.69, 9.17) is 10.9 Å². The lowest BCUT2D eigenvalue weighted by atomic mass is 10.3. The molecular formula is C11H8F2N4OS. The summed E-state index contributed by atoms with van der Waals surface area (Å²) in [7, 11) is 0. The van der Waals surface area contributed by atoms with Gasteiger partial charge in [0.25, 0.3) is 0 Å². The van der Waals surface area contributed by atoms with E-state index in [0.717, 1.165) is 30.0 Å². The van der Waals surface area contributed by atoms with E-state index >= 15 is 0 Å². The Kier molecular flexibility index (Phi) is 3.91. The van der Waals surface area contributed by atoms with Crippen LogP contribution in [0.1, 0.15) is 5.69 Å². The van der Waals surface area contributed by atoms with E-state index in [1.165, 1.54) is 12.4 Å². The predicted octanol–water partition coefficient (Wildman–Crippen LogP) is 2.00. The van der Waals surface area contributed by atoms with Crippen LogP contribution in [-0.4, -0.2) is 21.0 Å². The highest BCUT2D eigenvalue weighted by Gasteiger charge is 2.08. The molecule has 1 aromatic heterocycles. The monoisotopic (exact) mass is 282 g/mol. The molecule has 0 atom stereocenters. The number of hydrogen-bond acceptors (Lipinski definition) is 5. The molecule has 2 rings (SSSR count). The number of oxime groups is 1. The molecule has 3 N–H and O–H groups in total. The molecule has 98 valence electrons. The summed E-state index contributed by atoms with van der Waals surface area (Å²) in [5, 5.41) is 11.6. The van der Waals surface area contributed by atoms with Crippen molar-refractivity contribution in [2.75, 3.05) is 0 Å². The maximum Gasteiger partial charge on any atom is 0.190 e. The summed E-state index contributed by atoms with van der Waals surface area (Å²) in [4.78, 5) is 7.94. The molecule has 0 saturated heterocycles. The minimum absolute atomic E-state index is 0.103. The SMILES string of the molecule is NC(=NO)c1cnc(Sc2cc(F)ccc2F)cn1. The first-order valence-electron chi connectivity index (χ1n) is 5.03. The second-order valence-electron chi connectivity index (χ2n) is 3.40. The van der Waals surface area contributed by atoms with E-state index in [2.05, 4.69) is 15.1 Å². The smallest absolute Gasteiger partial charge is 0.190 e. The molecule has 2 aromatic rings. The number of halogens is 2. The van der Waals surface area contributed by atoms with E-state index in [1.54, 1.807) is 0 Å². The molecule has 0 unspecified atom stereocenters. The van der Waals surface area contributed by atoms with Gasteiger partial charge in [0.2, 0.25) is 0 Å². The Balaban J connectivity index is 2.22. The Hall–Kier alpha value is -2.22. The molecular weight excluding hydrogens is 274 g/mol. The lowest BCUT2D eigenvalue weighted by Crippen LogP contribution is -2.15. The number of amidine groups is 1. The molecule has 0 fully saturated rings. The summed E-state index contributed by atoms with van der Waals surface area (Å²) in [6, 6.07) is 3.14. The number of aromatic nitrogens is 2. The van der Waals surface area contributed by atoms with Crippen molar-refractivity contribution in [2.45, 2.75) is 9.92 Å². The molecule has 0 bridgehead atoms. The predicted molar refractivity (Wildman–Crippen MR) is 65.0 cm³/mol. The maximum absolute atomic E-state index is 13.4. The Bertz CT molecular complexity index is 619. The van der Waals surface area contributed by atoms with Gasteiger partial charge >= 0.3 is 0 Å². The van der Waals surface area contributed by atoms with Crippen molar-refractivity contribution >= 4 is 17.6 Å². The van der Waals surface area contributed by atoms with Gasteiger partial charge in [0.15, 0.2) is 5.84 Å². The van der Waals surface area contributed by atoms with Gasteiger partial charge in [-0.05, 0) is 18.2 Å². The standard InChI is InChI=1S/C11H8F2N4OS/c12-6-1-2-7(13)9(3-6)19-10-5-15-8(4-16-10)11(14)17-18/h1-5,18H,(H2,14,17). The average molecular weight is 282 g/mol. The van der Waals surface area contributed by atoms with Gasteiger partial charge in [0.1, 0.15) is 22.4 Å². The van der Waals surface area contributed by atoms with Gasteiger partial charge in [-0.25, -0.2) is 18.7 Å². The summed E-state index contributed by atoms with van der Waals surface area (Å²) in [6.45, 7) is 0. The highest BCUT2D eigenvalue weighted by Crippen LogP contribution is 2.28. The van der Waals surface area contributed by atoms with Gasteiger partial charge < -0.3 is 10.9 Å². The summed E-state index contributed by atoms with van der Waals surface area (Å²) in [5.74, 6) is -1.26. The molecule has 0 amide bonds. The number of nitrogens with zero attached hydrogens (tertiary/aromatic N) is 3. The molecule has 19 heavy (non-hydrogen) atoms. The zero-order valence-corrected chi connectivity index (χ0v) is 10.2. The number of nitrogens with two attached hydrogens (primary N) is 1. The van der Waals surface area contributed by atoms with Gasteiger partial charge in [0.05, 0.1) is 17.3 Å². The van der Waals surface area contributed by atoms with Crippen molar-refractivity contribution in [1.82, 2.24) is 9.97 Å². The van der Waals surface area contributed by atoms with Gasteiger partial charge in [-0.2, -0.15) is 0 Å². The Labute approximate surface area is 111 Å². The highest BCUT2D eigenvalue weighted by molar-refractivity contribution is 7.99. The quantitative estimate of drug-likeness (QED) is 0.389. The first-order chi connectivity index (χ1) is 9.10. The van der Waals surface area contributed by atoms with Gasteiger partial charge in [-0.3, -0.25) is 0 Å². The van der Waals surface area contributed by atoms with Gasteiger partial charge in [-0.15, -0.1) is 0 Å². The minimum Gasteiger partial charge on any atom is -0.409 e. The summed E-state index contributed by atoms with van der Waals surface area (Å²) in [5.41, 5.74) is 5.51. The molecule has 0 aliphatic rings. The number of rotatable bonds is 3. The lowest BCUT2D eigenvalue weighted by Gasteiger charge is -2.03. The largest absolute Gasteiger partial charge is 0.409 e. The summed E-state index contributed by atoms with van der Waals surface area (Å²) < 4.78 is 26.4. The molecule has 1 heterocycles. The maximum atomic E-state index is 13.4. The number of benzene rings is 1. The summed E-state index contributed by atoms with van der Waals surface area (Å²) in [6.07, 6.45) is 2.59. The van der Waals surface area contributed by atoms with E-state index in [9.17, 15) is 8.78 Å². The third kappa shape index (κ3) is 3.16. The second-order valence-corrected chi connectivity index (χ2v) is 4.46. The Morgan fingerprint density at radius 1 is 1.26 bits per heavy atom. The van der Waals surface area contributed by atoms with Crippen LogP contribution < -0.4 is 5.73 Å². The zero-order chi connectivity index (χ0) is 13.8. The van der Waals surface area contributed by atoms with Crippen LogP contribution in [-0.2, 0) is 0 Å². The van der Waals surface area contributed by atoms with Crippen molar-refractivity contribution < 1.29 is 14.0 Å². The molecule has 0 radical (unpaired) electrons. The van der Waals surface area contributed by atoms with Gasteiger partial charge in [-0.1, -0.05) is 16.9 Å². The second kappa shape index (κ2) is 5.61. The Morgan fingerprint density at radius 3 is 2.68 bits per heavy atom. The van der Waals surface area contributed by atoms with Crippen LogP contribution in [0, 0.1) is 11.6 Å². The van der Waals surface area contributed by atoms with Crippen molar-refractivity contribution in [3.8, 4) is 0 Å². The van der Waals surface area contributed by atoms with Crippen molar-refractivity contribution in [2.24, 2.45) is 10.9 Å². The normalized spacial score (nSPS) is 11.6. The third-order valence-corrected chi connectivity index (χ3v) is 3.06. The van der Waals surface area contributed by atoms with Gasteiger partial charge in [0, 0.05) is 0 Å². The average Bonchev–Trinajstić information content (AvgIpc) is 2.43. The van der Waals surface area contributed by atoms with E-state index in [0.29, 0.717) is 5.03 Å². The third-order valence-electron chi connectivity index (χ3n) is 2.11. The molecule has 1 aromatic carbocycles. The van der Waals surface area contributed by atoms with Crippen LogP contribution in [0.4, 0.5) is 8.78 Å². The van der Waals surface area contributed by atoms with Crippen molar-refractivity contribution in [3.63, 3.8) is 0 Å². The number of hydrogen-bond donors (Lipinski definition) is 2.